The van der Waals surface area contributed by atoms with Crippen LogP contribution in [-0.4, -0.2) is 52.1 Å². The molecule has 1 aliphatic rings. The van der Waals surface area contributed by atoms with E-state index < -0.39 is 15.9 Å². The average Bonchev–Trinajstić information content (AvgIpc) is 2.97. The number of hydrogen-bond acceptors (Lipinski definition) is 0. The predicted octanol–water partition coefficient (Wildman–Crippen LogP) is 7.21. The van der Waals surface area contributed by atoms with E-state index in [4.69, 9.17) is 0 Å². The van der Waals surface area contributed by atoms with Crippen LogP contribution < -0.4 is 0 Å². The Morgan fingerprint density at radius 3 is 1.03 bits per heavy atom. The molecule has 1 aliphatic carbocycles. The van der Waals surface area contributed by atoms with Crippen molar-refractivity contribution in [2.24, 2.45) is 0 Å². The summed E-state index contributed by atoms with van der Waals surface area (Å²) >= 11 is -1.75. The smallest absolute Gasteiger partial charge is 4.00 e. The zero-order valence-electron chi connectivity index (χ0n) is 21.3. The quantitative estimate of drug-likeness (QED) is 0.238. The van der Waals surface area contributed by atoms with Gasteiger partial charge in [-0.3, -0.25) is 0 Å². The Balaban J connectivity index is -0.000000142. The van der Waals surface area contributed by atoms with E-state index in [1.165, 1.54) is 0 Å². The summed E-state index contributed by atoms with van der Waals surface area (Å²) in [5.41, 5.74) is 0. The fourth-order valence-corrected chi connectivity index (χ4v) is 3.37. The first-order chi connectivity index (χ1) is 12.8. The molecule has 0 atom stereocenters. The van der Waals surface area contributed by atoms with Crippen molar-refractivity contribution in [3.8, 4) is 0 Å². The summed E-state index contributed by atoms with van der Waals surface area (Å²) in [6, 6.07) is 3.00. The molecule has 0 unspecified atom stereocenters. The molecular weight excluding hydrogens is 501 g/mol. The van der Waals surface area contributed by atoms with Gasteiger partial charge in [-0.1, -0.05) is 83.1 Å². The summed E-state index contributed by atoms with van der Waals surface area (Å²) in [6.45, 7) is 25.2. The maximum Gasteiger partial charge on any atom is 4.00 e. The van der Waals surface area contributed by atoms with Crippen molar-refractivity contribution in [3.63, 3.8) is 0 Å². The van der Waals surface area contributed by atoms with Crippen molar-refractivity contribution < 1.29 is 29.7 Å². The van der Waals surface area contributed by atoms with Gasteiger partial charge < -0.3 is 16.0 Å². The monoisotopic (exact) mass is 549 g/mol. The topological polar surface area (TPSA) is 42.3 Å². The number of allylic oxidation sites excluding steroid dienone is 4. The Labute approximate surface area is 209 Å². The maximum absolute atomic E-state index is 11.7. The molecule has 0 bridgehead atoms. The molecule has 0 saturated heterocycles. The van der Waals surface area contributed by atoms with E-state index in [1.54, 1.807) is 0 Å². The van der Waals surface area contributed by atoms with Crippen molar-refractivity contribution in [3.05, 3.63) is 38.6 Å². The zero-order chi connectivity index (χ0) is 22.7. The molecule has 0 aromatic rings. The molecular formula is C23H48FGeN3Zr. The Morgan fingerprint density at radius 1 is 0.690 bits per heavy atom. The minimum absolute atomic E-state index is 0. The zero-order valence-corrected chi connectivity index (χ0v) is 26.7. The van der Waals surface area contributed by atoms with E-state index in [1.807, 2.05) is 12.2 Å². The summed E-state index contributed by atoms with van der Waals surface area (Å²) < 4.78 is 12.6. The first kappa shape index (κ1) is 37.1. The Hall–Kier alpha value is 0.716. The normalized spacial score (nSPS) is 12.7. The average molecular weight is 549 g/mol. The van der Waals surface area contributed by atoms with Gasteiger partial charge in [0, 0.05) is 0 Å². The summed E-state index contributed by atoms with van der Waals surface area (Å²) in [5, 5.41) is 12.8. The van der Waals surface area contributed by atoms with Gasteiger partial charge in [0.2, 0.25) is 0 Å². The second-order valence-corrected chi connectivity index (χ2v) is 10.6. The fraction of sp³-hybridized carbons (Fsp3) is 0.826. The largest absolute Gasteiger partial charge is 4.00 e. The van der Waals surface area contributed by atoms with Crippen LogP contribution in [0.15, 0.2) is 16.6 Å². The SMILES string of the molecule is CC(C)[N-]C(C)C.CC(C)[N-]C(C)C.CC(C)[N-]C(C)C.[F][GeH2][C]1=[C-]CC=C1.[Zr+4]. The molecule has 0 amide bonds. The summed E-state index contributed by atoms with van der Waals surface area (Å²) in [6.07, 6.45) is 7.55. The van der Waals surface area contributed by atoms with Crippen LogP contribution in [0.5, 0.6) is 0 Å². The van der Waals surface area contributed by atoms with Gasteiger partial charge in [-0.05, 0) is 0 Å². The van der Waals surface area contributed by atoms with Gasteiger partial charge in [0.15, 0.2) is 0 Å². The molecule has 3 nitrogen and oxygen atoms in total. The van der Waals surface area contributed by atoms with Crippen LogP contribution >= 0.6 is 0 Å². The standard InChI is InChI=1S/3C6H14N.C5H6FGe.Zr/c3*1-5(2)7-6(3)4;6-7-5-3-1-2-4-5;/h3*5-6H,1-4H3;1,3H,2,7H2;/q4*-1;+4. The molecule has 0 N–H and O–H groups in total. The van der Waals surface area contributed by atoms with Gasteiger partial charge in [0.05, 0.1) is 0 Å². The molecule has 170 valence electrons. The molecule has 0 aromatic carbocycles. The van der Waals surface area contributed by atoms with Crippen LogP contribution in [-0.2, 0) is 26.2 Å². The van der Waals surface area contributed by atoms with Crippen molar-refractivity contribution >= 4 is 15.9 Å². The molecule has 6 heteroatoms. The Kier molecular flexibility index (Phi) is 31.9. The summed E-state index contributed by atoms with van der Waals surface area (Å²) in [7, 11) is 0. The van der Waals surface area contributed by atoms with Crippen LogP contribution in [0, 0.1) is 6.08 Å². The van der Waals surface area contributed by atoms with Crippen LogP contribution in [0.3, 0.4) is 0 Å². The van der Waals surface area contributed by atoms with Crippen LogP contribution in [0.4, 0.5) is 3.50 Å². The number of rotatable bonds is 7. The maximum atomic E-state index is 11.7. The summed E-state index contributed by atoms with van der Waals surface area (Å²) in [5.74, 6) is 0. The number of hydrogen-bond donors (Lipinski definition) is 0. The first-order valence-electron chi connectivity index (χ1n) is 10.7. The van der Waals surface area contributed by atoms with Gasteiger partial charge >= 0.3 is 74.7 Å². The van der Waals surface area contributed by atoms with Crippen LogP contribution in [0.2, 0.25) is 0 Å². The van der Waals surface area contributed by atoms with E-state index >= 15 is 0 Å². The van der Waals surface area contributed by atoms with Gasteiger partial charge in [-0.2, -0.15) is 0 Å². The molecule has 29 heavy (non-hydrogen) atoms. The van der Waals surface area contributed by atoms with Gasteiger partial charge in [0.25, 0.3) is 0 Å². The minimum Gasteiger partial charge on any atom is 4.00 e. The van der Waals surface area contributed by atoms with Crippen LogP contribution in [0.25, 0.3) is 16.0 Å². The molecule has 0 aliphatic heterocycles. The molecule has 0 radical (unpaired) electrons. The van der Waals surface area contributed by atoms with E-state index in [9.17, 15) is 3.50 Å². The molecule has 0 spiro atoms. The third kappa shape index (κ3) is 43.5. The first-order valence-corrected chi connectivity index (χ1v) is 13.3. The molecule has 1 rings (SSSR count). The van der Waals surface area contributed by atoms with Gasteiger partial charge in [0.1, 0.15) is 0 Å². The number of halogens is 1. The van der Waals surface area contributed by atoms with Crippen molar-refractivity contribution in [2.45, 2.75) is 126 Å². The van der Waals surface area contributed by atoms with Crippen molar-refractivity contribution in [2.75, 3.05) is 0 Å². The van der Waals surface area contributed by atoms with Gasteiger partial charge in [-0.25, -0.2) is 0 Å². The number of nitrogens with zero attached hydrogens (tertiary/aromatic N) is 3. The fourth-order valence-electron chi connectivity index (χ4n) is 2.33. The molecule has 0 aromatic heterocycles. The van der Waals surface area contributed by atoms with E-state index in [0.717, 1.165) is 10.8 Å². The molecule has 0 fully saturated rings. The van der Waals surface area contributed by atoms with Gasteiger partial charge in [-0.15, -0.1) is 36.3 Å². The van der Waals surface area contributed by atoms with Crippen LogP contribution in [0.1, 0.15) is 89.5 Å². The second-order valence-electron chi connectivity index (χ2n) is 8.45. The minimum atomic E-state index is -1.75. The second kappa shape index (κ2) is 25.0. The Bertz CT molecular complexity index is 331. The summed E-state index contributed by atoms with van der Waals surface area (Å²) in [4.78, 5) is 0. The van der Waals surface area contributed by atoms with E-state index in [0.29, 0.717) is 36.3 Å². The van der Waals surface area contributed by atoms with E-state index in [-0.39, 0.29) is 26.2 Å². The van der Waals surface area contributed by atoms with E-state index in [2.05, 4.69) is 105 Å². The molecule has 0 heterocycles. The third-order valence-corrected chi connectivity index (χ3v) is 4.32. The predicted molar refractivity (Wildman–Crippen MR) is 131 cm³/mol. The van der Waals surface area contributed by atoms with Crippen molar-refractivity contribution in [1.29, 1.82) is 0 Å². The molecule has 0 saturated carbocycles. The Morgan fingerprint density at radius 2 is 0.966 bits per heavy atom. The van der Waals surface area contributed by atoms with Crippen molar-refractivity contribution in [1.82, 2.24) is 0 Å². The third-order valence-electron chi connectivity index (χ3n) is 2.70.